The Bertz CT molecular complexity index is 422. The van der Waals surface area contributed by atoms with E-state index in [1.54, 1.807) is 6.20 Å². The van der Waals surface area contributed by atoms with Gasteiger partial charge in [0.05, 0.1) is 5.60 Å². The van der Waals surface area contributed by atoms with Crippen LogP contribution in [0, 0.1) is 18.3 Å². The van der Waals surface area contributed by atoms with Crippen molar-refractivity contribution in [3.63, 3.8) is 0 Å². The van der Waals surface area contributed by atoms with Gasteiger partial charge in [0.15, 0.2) is 0 Å². The van der Waals surface area contributed by atoms with Crippen LogP contribution in [0.15, 0.2) is 12.3 Å². The summed E-state index contributed by atoms with van der Waals surface area (Å²) in [6.07, 6.45) is 3.46. The van der Waals surface area contributed by atoms with E-state index in [0.717, 1.165) is 24.0 Å². The number of anilines is 1. The molecule has 0 radical (unpaired) electrons. The molecule has 1 aromatic heterocycles. The van der Waals surface area contributed by atoms with E-state index >= 15 is 0 Å². The van der Waals surface area contributed by atoms with Crippen LogP contribution in [0.5, 0.6) is 0 Å². The van der Waals surface area contributed by atoms with Gasteiger partial charge in [0.1, 0.15) is 5.82 Å². The molecule has 1 saturated carbocycles. The predicted molar refractivity (Wildman–Crippen MR) is 69.5 cm³/mol. The largest absolute Gasteiger partial charge is 0.385 e. The van der Waals surface area contributed by atoms with E-state index in [4.69, 9.17) is 5.73 Å². The number of nitrogen functional groups attached to an aromatic ring is 1. The van der Waals surface area contributed by atoms with Crippen LogP contribution in [-0.4, -0.2) is 10.1 Å². The van der Waals surface area contributed by atoms with Crippen molar-refractivity contribution in [2.24, 2.45) is 11.3 Å². The summed E-state index contributed by atoms with van der Waals surface area (Å²) in [5.41, 5.74) is 7.16. The van der Waals surface area contributed by atoms with E-state index in [2.05, 4.69) is 25.8 Å². The SMILES string of the molecule is Cc1ccnc(N)c1C1(O)CC(C)(C)CC1C. The molecule has 3 heteroatoms. The second-order valence-corrected chi connectivity index (χ2v) is 6.26. The topological polar surface area (TPSA) is 59.1 Å². The number of aromatic nitrogens is 1. The molecule has 17 heavy (non-hydrogen) atoms. The standard InChI is InChI=1S/C14H22N2O/c1-9-5-6-16-12(15)11(9)14(17)8-13(3,4)7-10(14)2/h5-6,10,17H,7-8H2,1-4H3,(H2,15,16). The van der Waals surface area contributed by atoms with Gasteiger partial charge in [-0.25, -0.2) is 4.98 Å². The molecule has 0 bridgehead atoms. The molecule has 2 atom stereocenters. The summed E-state index contributed by atoms with van der Waals surface area (Å²) in [6, 6.07) is 1.92. The highest BCUT2D eigenvalue weighted by atomic mass is 16.3. The maximum atomic E-state index is 11.0. The van der Waals surface area contributed by atoms with Crippen molar-refractivity contribution in [1.29, 1.82) is 0 Å². The molecular formula is C14H22N2O. The first-order valence-electron chi connectivity index (χ1n) is 6.20. The lowest BCUT2D eigenvalue weighted by molar-refractivity contribution is -0.000918. The number of pyridine rings is 1. The van der Waals surface area contributed by atoms with Crippen molar-refractivity contribution in [2.45, 2.75) is 46.1 Å². The fraction of sp³-hybridized carbons (Fsp3) is 0.643. The second kappa shape index (κ2) is 3.70. The van der Waals surface area contributed by atoms with Crippen LogP contribution in [0.25, 0.3) is 0 Å². The minimum atomic E-state index is -0.827. The Kier molecular flexibility index (Phi) is 2.69. The van der Waals surface area contributed by atoms with Crippen molar-refractivity contribution in [3.8, 4) is 0 Å². The van der Waals surface area contributed by atoms with E-state index in [-0.39, 0.29) is 11.3 Å². The van der Waals surface area contributed by atoms with Gasteiger partial charge in [-0.1, -0.05) is 20.8 Å². The van der Waals surface area contributed by atoms with E-state index in [1.807, 2.05) is 13.0 Å². The monoisotopic (exact) mass is 234 g/mol. The normalized spacial score (nSPS) is 31.7. The molecule has 1 aliphatic rings. The van der Waals surface area contributed by atoms with E-state index in [0.29, 0.717) is 5.82 Å². The smallest absolute Gasteiger partial charge is 0.129 e. The van der Waals surface area contributed by atoms with E-state index < -0.39 is 5.60 Å². The van der Waals surface area contributed by atoms with Crippen molar-refractivity contribution in [2.75, 3.05) is 5.73 Å². The molecule has 3 nitrogen and oxygen atoms in total. The summed E-state index contributed by atoms with van der Waals surface area (Å²) in [4.78, 5) is 4.13. The number of aryl methyl sites for hydroxylation is 1. The Morgan fingerprint density at radius 2 is 2.12 bits per heavy atom. The van der Waals surface area contributed by atoms with Crippen molar-refractivity contribution < 1.29 is 5.11 Å². The Morgan fingerprint density at radius 1 is 1.47 bits per heavy atom. The Labute approximate surface area is 103 Å². The quantitative estimate of drug-likeness (QED) is 0.785. The Hall–Kier alpha value is -1.09. The van der Waals surface area contributed by atoms with Crippen LogP contribution in [0.2, 0.25) is 0 Å². The van der Waals surface area contributed by atoms with Crippen LogP contribution in [-0.2, 0) is 5.60 Å². The molecule has 1 heterocycles. The summed E-state index contributed by atoms with van der Waals surface area (Å²) in [6.45, 7) is 8.48. The fourth-order valence-corrected chi connectivity index (χ4v) is 3.45. The van der Waals surface area contributed by atoms with Gasteiger partial charge in [-0.3, -0.25) is 0 Å². The van der Waals surface area contributed by atoms with E-state index in [1.165, 1.54) is 0 Å². The molecule has 0 amide bonds. The zero-order valence-electron chi connectivity index (χ0n) is 11.1. The van der Waals surface area contributed by atoms with Crippen molar-refractivity contribution in [1.82, 2.24) is 4.98 Å². The predicted octanol–water partition coefficient (Wildman–Crippen LogP) is 2.62. The zero-order valence-corrected chi connectivity index (χ0v) is 11.1. The van der Waals surface area contributed by atoms with Crippen molar-refractivity contribution >= 4 is 5.82 Å². The lowest BCUT2D eigenvalue weighted by Crippen LogP contribution is -2.31. The van der Waals surface area contributed by atoms with Gasteiger partial charge < -0.3 is 10.8 Å². The average Bonchev–Trinajstić information content (AvgIpc) is 2.35. The van der Waals surface area contributed by atoms with Gasteiger partial charge in [0.25, 0.3) is 0 Å². The molecule has 2 unspecified atom stereocenters. The maximum absolute atomic E-state index is 11.0. The third kappa shape index (κ3) is 1.93. The number of nitrogens with zero attached hydrogens (tertiary/aromatic N) is 1. The number of rotatable bonds is 1. The average molecular weight is 234 g/mol. The van der Waals surface area contributed by atoms with Crippen LogP contribution in [0.1, 0.15) is 44.7 Å². The Morgan fingerprint density at radius 3 is 2.59 bits per heavy atom. The van der Waals surface area contributed by atoms with Crippen molar-refractivity contribution in [3.05, 3.63) is 23.4 Å². The molecule has 3 N–H and O–H groups in total. The van der Waals surface area contributed by atoms with Crippen LogP contribution in [0.3, 0.4) is 0 Å². The first kappa shape index (κ1) is 12.4. The summed E-state index contributed by atoms with van der Waals surface area (Å²) in [5.74, 6) is 0.680. The number of nitrogens with two attached hydrogens (primary N) is 1. The third-order valence-electron chi connectivity index (χ3n) is 4.04. The second-order valence-electron chi connectivity index (χ2n) is 6.26. The van der Waals surface area contributed by atoms with Gasteiger partial charge in [-0.2, -0.15) is 0 Å². The van der Waals surface area contributed by atoms with Gasteiger partial charge in [0, 0.05) is 11.8 Å². The molecule has 1 aromatic rings. The summed E-state index contributed by atoms with van der Waals surface area (Å²) >= 11 is 0. The summed E-state index contributed by atoms with van der Waals surface area (Å²) in [7, 11) is 0. The molecule has 2 rings (SSSR count). The number of hydrogen-bond donors (Lipinski definition) is 2. The summed E-state index contributed by atoms with van der Waals surface area (Å²) < 4.78 is 0. The van der Waals surface area contributed by atoms with Gasteiger partial charge in [0.2, 0.25) is 0 Å². The lowest BCUT2D eigenvalue weighted by atomic mass is 9.82. The minimum absolute atomic E-state index is 0.156. The highest BCUT2D eigenvalue weighted by Gasteiger charge is 2.50. The molecule has 1 aliphatic carbocycles. The molecular weight excluding hydrogens is 212 g/mol. The first-order valence-corrected chi connectivity index (χ1v) is 6.20. The Balaban J connectivity index is 2.53. The van der Waals surface area contributed by atoms with Crippen LogP contribution >= 0.6 is 0 Å². The van der Waals surface area contributed by atoms with Gasteiger partial charge in [-0.05, 0) is 42.7 Å². The van der Waals surface area contributed by atoms with Crippen LogP contribution in [0.4, 0.5) is 5.82 Å². The molecule has 0 saturated heterocycles. The molecule has 1 fully saturated rings. The number of aliphatic hydroxyl groups is 1. The maximum Gasteiger partial charge on any atom is 0.129 e. The minimum Gasteiger partial charge on any atom is -0.385 e. The summed E-state index contributed by atoms with van der Waals surface area (Å²) in [5, 5.41) is 11.0. The first-order chi connectivity index (χ1) is 7.76. The molecule has 0 aromatic carbocycles. The number of hydrogen-bond acceptors (Lipinski definition) is 3. The fourth-order valence-electron chi connectivity index (χ4n) is 3.45. The molecule has 94 valence electrons. The van der Waals surface area contributed by atoms with E-state index in [9.17, 15) is 5.11 Å². The highest BCUT2D eigenvalue weighted by molar-refractivity contribution is 5.48. The third-order valence-corrected chi connectivity index (χ3v) is 4.04. The van der Waals surface area contributed by atoms with Gasteiger partial charge in [-0.15, -0.1) is 0 Å². The molecule has 0 aliphatic heterocycles. The van der Waals surface area contributed by atoms with Crippen LogP contribution < -0.4 is 5.73 Å². The zero-order chi connectivity index (χ0) is 12.8. The van der Waals surface area contributed by atoms with Gasteiger partial charge >= 0.3 is 0 Å². The lowest BCUT2D eigenvalue weighted by Gasteiger charge is -2.31. The highest BCUT2D eigenvalue weighted by Crippen LogP contribution is 2.53. The molecule has 0 spiro atoms.